The molecular weight excluding hydrogens is 568 g/mol. The molecule has 0 radical (unpaired) electrons. The molecule has 0 atom stereocenters. The highest BCUT2D eigenvalue weighted by Gasteiger charge is 2.12. The highest BCUT2D eigenvalue weighted by Crippen LogP contribution is 2.23. The summed E-state index contributed by atoms with van der Waals surface area (Å²) in [6.45, 7) is 11.8. The van der Waals surface area contributed by atoms with Crippen molar-refractivity contribution in [3.05, 3.63) is 58.7 Å². The molecule has 2 aromatic rings. The number of carbonyl (C=O) groups is 1. The van der Waals surface area contributed by atoms with Crippen molar-refractivity contribution in [1.82, 2.24) is 0 Å². The van der Waals surface area contributed by atoms with Gasteiger partial charge in [-0.15, -0.1) is 23.5 Å². The van der Waals surface area contributed by atoms with Gasteiger partial charge in [0.05, 0.1) is 38.6 Å². The normalized spacial score (nSPS) is 11.1. The van der Waals surface area contributed by atoms with Crippen LogP contribution in [-0.2, 0) is 48.2 Å². The van der Waals surface area contributed by atoms with Gasteiger partial charge < -0.3 is 38.6 Å². The van der Waals surface area contributed by atoms with Gasteiger partial charge in [-0.05, 0) is 75.1 Å². The maximum Gasteiger partial charge on any atom is 0.336 e. The quantitative estimate of drug-likeness (QED) is 0.139. The third-order valence-electron chi connectivity index (χ3n) is 5.47. The van der Waals surface area contributed by atoms with Crippen LogP contribution in [0.4, 0.5) is 0 Å². The van der Waals surface area contributed by atoms with Crippen molar-refractivity contribution in [3.63, 3.8) is 0 Å². The minimum absolute atomic E-state index is 0.0636. The number of hydrogen-bond donors (Lipinski definition) is 2. The highest BCUT2D eigenvalue weighted by molar-refractivity contribution is 7.98. The lowest BCUT2D eigenvalue weighted by molar-refractivity contribution is -0.169. The Balaban J connectivity index is 0.000000410. The van der Waals surface area contributed by atoms with E-state index in [0.29, 0.717) is 58.4 Å². The summed E-state index contributed by atoms with van der Waals surface area (Å²) >= 11 is 3.03. The predicted octanol–water partition coefficient (Wildman–Crippen LogP) is 5.84. The monoisotopic (exact) mass is 614 g/mol. The summed E-state index contributed by atoms with van der Waals surface area (Å²) < 4.78 is 32.8. The third kappa shape index (κ3) is 14.9. The molecule has 0 heterocycles. The van der Waals surface area contributed by atoms with E-state index in [2.05, 4.69) is 0 Å². The van der Waals surface area contributed by atoms with E-state index in [4.69, 9.17) is 33.5 Å². The van der Waals surface area contributed by atoms with Crippen LogP contribution in [0.5, 0.6) is 0 Å². The second-order valence-corrected chi connectivity index (χ2v) is 10.1. The van der Waals surface area contributed by atoms with Crippen LogP contribution in [0, 0.1) is 0 Å². The first-order valence-electron chi connectivity index (χ1n) is 13.7. The van der Waals surface area contributed by atoms with Gasteiger partial charge in [0.25, 0.3) is 0 Å². The van der Waals surface area contributed by atoms with Gasteiger partial charge >= 0.3 is 5.97 Å². The Kier molecular flexibility index (Phi) is 20.8. The van der Waals surface area contributed by atoms with Crippen molar-refractivity contribution in [2.24, 2.45) is 0 Å². The van der Waals surface area contributed by atoms with E-state index in [9.17, 15) is 9.90 Å². The zero-order valence-electron chi connectivity index (χ0n) is 25.1. The number of carboxylic acids is 1. The molecule has 0 bridgehead atoms. The molecular formula is C30H46O9S2. The summed E-state index contributed by atoms with van der Waals surface area (Å²) in [4.78, 5) is 12.9. The third-order valence-corrected chi connectivity index (χ3v) is 7.07. The number of ether oxygens (including phenoxy) is 6. The van der Waals surface area contributed by atoms with Crippen molar-refractivity contribution in [1.29, 1.82) is 0 Å². The average Bonchev–Trinajstić information content (AvgIpc) is 2.97. The number of aliphatic hydroxyl groups excluding tert-OH is 1. The zero-order valence-corrected chi connectivity index (χ0v) is 26.7. The molecule has 0 aromatic heterocycles. The summed E-state index contributed by atoms with van der Waals surface area (Å²) in [5, 5.41) is 18.3. The van der Waals surface area contributed by atoms with Gasteiger partial charge in [0.1, 0.15) is 0 Å². The first-order valence-corrected chi connectivity index (χ1v) is 16.1. The average molecular weight is 615 g/mol. The molecule has 232 valence electrons. The van der Waals surface area contributed by atoms with E-state index in [0.717, 1.165) is 26.5 Å². The lowest BCUT2D eigenvalue weighted by Crippen LogP contribution is -2.23. The predicted molar refractivity (Wildman–Crippen MR) is 163 cm³/mol. The van der Waals surface area contributed by atoms with Gasteiger partial charge in [-0.1, -0.05) is 18.2 Å². The van der Waals surface area contributed by atoms with Gasteiger partial charge in [-0.2, -0.15) is 0 Å². The molecule has 0 unspecified atom stereocenters. The van der Waals surface area contributed by atoms with Crippen LogP contribution in [0.1, 0.15) is 54.7 Å². The van der Waals surface area contributed by atoms with Crippen molar-refractivity contribution >= 4 is 29.5 Å². The number of hydrogen-bond acceptors (Lipinski definition) is 10. The molecule has 9 nitrogen and oxygen atoms in total. The van der Waals surface area contributed by atoms with Crippen LogP contribution < -0.4 is 0 Å². The Morgan fingerprint density at radius 1 is 0.732 bits per heavy atom. The Morgan fingerprint density at radius 3 is 1.56 bits per heavy atom. The first-order chi connectivity index (χ1) is 19.9. The van der Waals surface area contributed by atoms with Crippen LogP contribution in [0.15, 0.2) is 46.2 Å². The number of carboxylic acid groups (broad SMARTS) is 1. The molecule has 0 aliphatic rings. The van der Waals surface area contributed by atoms with Gasteiger partial charge in [0.15, 0.2) is 12.6 Å². The van der Waals surface area contributed by atoms with Crippen molar-refractivity contribution in [2.75, 3.05) is 52.2 Å². The van der Waals surface area contributed by atoms with E-state index >= 15 is 0 Å². The fraction of sp³-hybridized carbons (Fsp3) is 0.567. The van der Waals surface area contributed by atoms with E-state index in [1.807, 2.05) is 64.5 Å². The summed E-state index contributed by atoms with van der Waals surface area (Å²) in [5.74, 6) is -0.917. The molecule has 0 spiro atoms. The van der Waals surface area contributed by atoms with Gasteiger partial charge in [-0.3, -0.25) is 0 Å². The fourth-order valence-electron chi connectivity index (χ4n) is 3.59. The molecule has 2 rings (SSSR count). The largest absolute Gasteiger partial charge is 0.478 e. The molecule has 2 N–H and O–H groups in total. The number of rotatable bonds is 20. The summed E-state index contributed by atoms with van der Waals surface area (Å²) in [7, 11) is 0. The molecule has 0 saturated heterocycles. The van der Waals surface area contributed by atoms with Crippen LogP contribution >= 0.6 is 23.5 Å². The summed E-state index contributed by atoms with van der Waals surface area (Å²) in [5.41, 5.74) is 3.27. The van der Waals surface area contributed by atoms with Crippen LogP contribution in [0.2, 0.25) is 0 Å². The lowest BCUT2D eigenvalue weighted by atomic mass is 10.1. The van der Waals surface area contributed by atoms with Crippen LogP contribution in [-0.4, -0.2) is 80.9 Å². The number of thioether (sulfide) groups is 2. The minimum Gasteiger partial charge on any atom is -0.478 e. The van der Waals surface area contributed by atoms with Crippen molar-refractivity contribution in [2.45, 2.75) is 69.9 Å². The zero-order chi connectivity index (χ0) is 30.5. The standard InChI is InChI=1S/C15H22O5S.C15H24O4S/c1-4-19-14(20-5-2)10-18-9-11-6-7-12(15(16)17)13(8-11)21-3;1-4-18-15(19-5-2)11-17-10-12-6-7-13(9-16)14(8-12)20-3/h6-8,14H,4-5,9-10H2,1-3H3,(H,16,17);6-8,15-16H,4-5,9-11H2,1-3H3. The Hall–Kier alpha value is -1.67. The Morgan fingerprint density at radius 2 is 1.17 bits per heavy atom. The van der Waals surface area contributed by atoms with Gasteiger partial charge in [0.2, 0.25) is 0 Å². The number of benzene rings is 2. The van der Waals surface area contributed by atoms with Crippen molar-refractivity contribution < 1.29 is 43.4 Å². The Labute approximate surface area is 253 Å². The second kappa shape index (κ2) is 22.9. The van der Waals surface area contributed by atoms with E-state index < -0.39 is 5.97 Å². The first kappa shape index (κ1) is 37.4. The molecule has 41 heavy (non-hydrogen) atoms. The smallest absolute Gasteiger partial charge is 0.336 e. The molecule has 0 aliphatic heterocycles. The molecule has 0 fully saturated rings. The van der Waals surface area contributed by atoms with Crippen LogP contribution in [0.25, 0.3) is 0 Å². The Bertz CT molecular complexity index is 978. The minimum atomic E-state index is -0.917. The van der Waals surface area contributed by atoms with E-state index in [1.54, 1.807) is 23.9 Å². The molecule has 2 aromatic carbocycles. The van der Waals surface area contributed by atoms with Gasteiger partial charge in [-0.25, -0.2) is 4.79 Å². The maximum atomic E-state index is 11.1. The lowest BCUT2D eigenvalue weighted by Gasteiger charge is -2.17. The molecule has 0 saturated carbocycles. The maximum absolute atomic E-state index is 11.1. The fourth-order valence-corrected chi connectivity index (χ4v) is 4.90. The summed E-state index contributed by atoms with van der Waals surface area (Å²) in [6, 6.07) is 11.2. The number of aliphatic hydroxyl groups is 1. The van der Waals surface area contributed by atoms with Crippen LogP contribution in [0.3, 0.4) is 0 Å². The van der Waals surface area contributed by atoms with Gasteiger partial charge in [0, 0.05) is 36.2 Å². The molecule has 0 amide bonds. The number of aromatic carboxylic acids is 1. The van der Waals surface area contributed by atoms with E-state index in [-0.39, 0.29) is 19.2 Å². The topological polar surface area (TPSA) is 113 Å². The highest BCUT2D eigenvalue weighted by atomic mass is 32.2. The van der Waals surface area contributed by atoms with Crippen molar-refractivity contribution in [3.8, 4) is 0 Å². The second-order valence-electron chi connectivity index (χ2n) is 8.35. The summed E-state index contributed by atoms with van der Waals surface area (Å²) in [6.07, 6.45) is 3.19. The van der Waals surface area contributed by atoms with E-state index in [1.165, 1.54) is 11.8 Å². The molecule has 11 heteroatoms. The molecule has 0 aliphatic carbocycles. The SMILES string of the molecule is CCOC(COCc1ccc(C(=O)O)c(SC)c1)OCC.CCOC(COCc1ccc(CO)c(SC)c1)OCC.